The number of hydrogen-bond donors (Lipinski definition) is 0. The summed E-state index contributed by atoms with van der Waals surface area (Å²) in [6, 6.07) is 5.02. The third-order valence-electron chi connectivity index (χ3n) is 2.08. The molecule has 0 amide bonds. The van der Waals surface area contributed by atoms with E-state index in [0.717, 1.165) is 0 Å². The molecule has 80 valence electrons. The minimum atomic E-state index is -0.0794. The van der Waals surface area contributed by atoms with E-state index in [1.54, 1.807) is 18.2 Å². The van der Waals surface area contributed by atoms with Gasteiger partial charge in [0.05, 0.1) is 0 Å². The Bertz CT molecular complexity index is 408. The maximum atomic E-state index is 11.7. The third kappa shape index (κ3) is 2.83. The summed E-state index contributed by atoms with van der Waals surface area (Å²) >= 11 is 11.7. The SMILES string of the molecule is C=C(C(=O)C(C)C)c1ccc(Cl)cc1Cl. The Balaban J connectivity index is 3.07. The topological polar surface area (TPSA) is 17.1 Å². The molecule has 0 radical (unpaired) electrons. The first kappa shape index (κ1) is 12.3. The molecule has 0 saturated carbocycles. The monoisotopic (exact) mass is 242 g/mol. The third-order valence-corrected chi connectivity index (χ3v) is 2.63. The van der Waals surface area contributed by atoms with Crippen LogP contribution in [0.3, 0.4) is 0 Å². The van der Waals surface area contributed by atoms with Crippen LogP contribution in [0.2, 0.25) is 10.0 Å². The molecular weight excluding hydrogens is 231 g/mol. The van der Waals surface area contributed by atoms with Gasteiger partial charge in [-0.2, -0.15) is 0 Å². The second-order valence-electron chi connectivity index (χ2n) is 3.62. The summed E-state index contributed by atoms with van der Waals surface area (Å²) in [5.41, 5.74) is 1.09. The van der Waals surface area contributed by atoms with Crippen LogP contribution in [0, 0.1) is 5.92 Å². The highest BCUT2D eigenvalue weighted by atomic mass is 35.5. The highest BCUT2D eigenvalue weighted by Crippen LogP contribution is 2.27. The fraction of sp³-hybridized carbons (Fsp3) is 0.250. The Morgan fingerprint density at radius 2 is 1.93 bits per heavy atom. The first-order valence-corrected chi connectivity index (χ1v) is 5.37. The first-order chi connectivity index (χ1) is 6.93. The van der Waals surface area contributed by atoms with Crippen LogP contribution in [-0.4, -0.2) is 5.78 Å². The van der Waals surface area contributed by atoms with Crippen LogP contribution in [0.4, 0.5) is 0 Å². The molecule has 15 heavy (non-hydrogen) atoms. The molecule has 0 bridgehead atoms. The Labute approximate surface area is 99.7 Å². The van der Waals surface area contributed by atoms with Gasteiger partial charge >= 0.3 is 0 Å². The summed E-state index contributed by atoms with van der Waals surface area (Å²) in [4.78, 5) is 11.7. The molecule has 0 spiro atoms. The predicted octanol–water partition coefficient (Wildman–Crippen LogP) is 4.23. The van der Waals surface area contributed by atoms with Crippen molar-refractivity contribution >= 4 is 34.6 Å². The highest BCUT2D eigenvalue weighted by molar-refractivity contribution is 6.37. The summed E-state index contributed by atoms with van der Waals surface area (Å²) in [6.45, 7) is 7.42. The number of rotatable bonds is 3. The number of hydrogen-bond acceptors (Lipinski definition) is 1. The number of allylic oxidation sites excluding steroid dienone is 1. The average molecular weight is 243 g/mol. The van der Waals surface area contributed by atoms with Gasteiger partial charge in [0.25, 0.3) is 0 Å². The smallest absolute Gasteiger partial charge is 0.165 e. The number of carbonyl (C=O) groups is 1. The number of Topliss-reactive ketones (excluding diaryl/α,β-unsaturated/α-hetero) is 1. The second-order valence-corrected chi connectivity index (χ2v) is 4.47. The fourth-order valence-corrected chi connectivity index (χ4v) is 1.74. The van der Waals surface area contributed by atoms with Crippen molar-refractivity contribution in [3.8, 4) is 0 Å². The number of carbonyl (C=O) groups excluding carboxylic acids is 1. The molecule has 0 unspecified atom stereocenters. The molecule has 1 aromatic carbocycles. The molecule has 1 aromatic rings. The number of ketones is 1. The van der Waals surface area contributed by atoms with Crippen molar-refractivity contribution in [1.29, 1.82) is 0 Å². The van der Waals surface area contributed by atoms with Crippen LogP contribution in [0.5, 0.6) is 0 Å². The van der Waals surface area contributed by atoms with E-state index in [4.69, 9.17) is 23.2 Å². The average Bonchev–Trinajstić information content (AvgIpc) is 2.15. The van der Waals surface area contributed by atoms with Crippen molar-refractivity contribution in [3.05, 3.63) is 40.4 Å². The van der Waals surface area contributed by atoms with Crippen LogP contribution in [0.1, 0.15) is 19.4 Å². The largest absolute Gasteiger partial charge is 0.294 e. The lowest BCUT2D eigenvalue weighted by atomic mass is 9.96. The van der Waals surface area contributed by atoms with Crippen LogP contribution in [0.25, 0.3) is 5.57 Å². The van der Waals surface area contributed by atoms with E-state index in [-0.39, 0.29) is 11.7 Å². The lowest BCUT2D eigenvalue weighted by molar-refractivity contribution is -0.116. The number of benzene rings is 1. The van der Waals surface area contributed by atoms with E-state index in [0.29, 0.717) is 21.2 Å². The van der Waals surface area contributed by atoms with E-state index in [1.165, 1.54) is 0 Å². The zero-order chi connectivity index (χ0) is 11.6. The van der Waals surface area contributed by atoms with Gasteiger partial charge < -0.3 is 0 Å². The van der Waals surface area contributed by atoms with E-state index in [1.807, 2.05) is 13.8 Å². The molecule has 0 aliphatic heterocycles. The Hall–Kier alpha value is -0.790. The van der Waals surface area contributed by atoms with Gasteiger partial charge in [-0.25, -0.2) is 0 Å². The maximum Gasteiger partial charge on any atom is 0.165 e. The van der Waals surface area contributed by atoms with Crippen LogP contribution < -0.4 is 0 Å². The molecule has 0 fully saturated rings. The van der Waals surface area contributed by atoms with Crippen LogP contribution in [-0.2, 0) is 4.79 Å². The summed E-state index contributed by atoms with van der Waals surface area (Å²) in [7, 11) is 0. The second kappa shape index (κ2) is 4.82. The predicted molar refractivity (Wildman–Crippen MR) is 65.3 cm³/mol. The molecule has 0 saturated heterocycles. The molecule has 3 heteroatoms. The molecule has 0 atom stereocenters. The summed E-state index contributed by atoms with van der Waals surface area (Å²) < 4.78 is 0. The van der Waals surface area contributed by atoms with Gasteiger partial charge in [-0.3, -0.25) is 4.79 Å². The van der Waals surface area contributed by atoms with Crippen molar-refractivity contribution < 1.29 is 4.79 Å². The summed E-state index contributed by atoms with van der Waals surface area (Å²) in [6.07, 6.45) is 0. The molecular formula is C12H12Cl2O. The molecule has 0 aliphatic carbocycles. The van der Waals surface area contributed by atoms with Crippen LogP contribution >= 0.6 is 23.2 Å². The van der Waals surface area contributed by atoms with Gasteiger partial charge in [-0.05, 0) is 12.1 Å². The number of halogens is 2. The lowest BCUT2D eigenvalue weighted by Gasteiger charge is -2.09. The standard InChI is InChI=1S/C12H12Cl2O/c1-7(2)12(15)8(3)10-5-4-9(13)6-11(10)14/h4-7H,3H2,1-2H3. The molecule has 0 heterocycles. The fourth-order valence-electron chi connectivity index (χ4n) is 1.22. The molecule has 0 aromatic heterocycles. The van der Waals surface area contributed by atoms with Crippen molar-refractivity contribution in [2.45, 2.75) is 13.8 Å². The van der Waals surface area contributed by atoms with E-state index in [2.05, 4.69) is 6.58 Å². The minimum absolute atomic E-state index is 0.000720. The van der Waals surface area contributed by atoms with Gasteiger partial charge in [-0.1, -0.05) is 49.7 Å². The van der Waals surface area contributed by atoms with E-state index in [9.17, 15) is 4.79 Å². The first-order valence-electron chi connectivity index (χ1n) is 4.62. The van der Waals surface area contributed by atoms with Gasteiger partial charge in [-0.15, -0.1) is 0 Å². The quantitative estimate of drug-likeness (QED) is 0.726. The Morgan fingerprint density at radius 3 is 2.40 bits per heavy atom. The van der Waals surface area contributed by atoms with Gasteiger partial charge in [0.1, 0.15) is 0 Å². The normalized spacial score (nSPS) is 10.5. The minimum Gasteiger partial charge on any atom is -0.294 e. The van der Waals surface area contributed by atoms with E-state index < -0.39 is 0 Å². The Morgan fingerprint density at radius 1 is 1.33 bits per heavy atom. The van der Waals surface area contributed by atoms with Crippen molar-refractivity contribution in [2.24, 2.45) is 5.92 Å². The summed E-state index contributed by atoms with van der Waals surface area (Å²) in [5, 5.41) is 1.01. The van der Waals surface area contributed by atoms with Gasteiger partial charge in [0.15, 0.2) is 5.78 Å². The highest BCUT2D eigenvalue weighted by Gasteiger charge is 2.15. The van der Waals surface area contributed by atoms with E-state index >= 15 is 0 Å². The van der Waals surface area contributed by atoms with Gasteiger partial charge in [0, 0.05) is 27.1 Å². The van der Waals surface area contributed by atoms with Crippen molar-refractivity contribution in [1.82, 2.24) is 0 Å². The molecule has 1 rings (SSSR count). The van der Waals surface area contributed by atoms with Crippen molar-refractivity contribution in [2.75, 3.05) is 0 Å². The molecule has 1 nitrogen and oxygen atoms in total. The molecule has 0 aliphatic rings. The maximum absolute atomic E-state index is 11.7. The molecule has 0 N–H and O–H groups in total. The zero-order valence-electron chi connectivity index (χ0n) is 8.68. The van der Waals surface area contributed by atoms with Crippen LogP contribution in [0.15, 0.2) is 24.8 Å². The van der Waals surface area contributed by atoms with Crippen molar-refractivity contribution in [3.63, 3.8) is 0 Å². The zero-order valence-corrected chi connectivity index (χ0v) is 10.2. The summed E-state index contributed by atoms with van der Waals surface area (Å²) in [5.74, 6) is -0.0801. The van der Waals surface area contributed by atoms with Gasteiger partial charge in [0.2, 0.25) is 0 Å². The Kier molecular flexibility index (Phi) is 3.95. The lowest BCUT2D eigenvalue weighted by Crippen LogP contribution is -2.08.